The Hall–Kier alpha value is -2.68. The lowest BCUT2D eigenvalue weighted by Crippen LogP contribution is -2.40. The minimum Gasteiger partial charge on any atom is -0.459 e. The third-order valence-corrected chi connectivity index (χ3v) is 5.23. The molecule has 0 radical (unpaired) electrons. The molecule has 0 spiro atoms. The first-order chi connectivity index (χ1) is 13.5. The molecule has 1 aromatic carbocycles. The van der Waals surface area contributed by atoms with Crippen LogP contribution in [0.15, 0.2) is 47.1 Å². The van der Waals surface area contributed by atoms with E-state index >= 15 is 0 Å². The number of carbonyl (C=O) groups is 2. The highest BCUT2D eigenvalue weighted by atomic mass is 16.5. The number of carbonyl (C=O) groups excluding carboxylic acids is 2. The van der Waals surface area contributed by atoms with Gasteiger partial charge in [-0.15, -0.1) is 0 Å². The number of nitrogens with one attached hydrogen (secondary N) is 1. The fourth-order valence-electron chi connectivity index (χ4n) is 3.73. The predicted molar refractivity (Wildman–Crippen MR) is 98.8 cm³/mol. The molecule has 3 N–H and O–H groups in total. The van der Waals surface area contributed by atoms with Gasteiger partial charge in [-0.1, -0.05) is 18.2 Å². The first kappa shape index (κ1) is 18.7. The zero-order chi connectivity index (χ0) is 19.7. The highest BCUT2D eigenvalue weighted by Gasteiger charge is 2.44. The average Bonchev–Trinajstić information content (AvgIpc) is 3.43. The van der Waals surface area contributed by atoms with Gasteiger partial charge in [0, 0.05) is 18.8 Å². The fourth-order valence-corrected chi connectivity index (χ4v) is 3.73. The zero-order valence-corrected chi connectivity index (χ0v) is 15.2. The monoisotopic (exact) mass is 386 g/mol. The minimum atomic E-state index is -1.20. The minimum absolute atomic E-state index is 0.00496. The van der Waals surface area contributed by atoms with Crippen LogP contribution < -0.4 is 10.2 Å². The largest absolute Gasteiger partial charge is 0.459 e. The van der Waals surface area contributed by atoms with Crippen molar-refractivity contribution in [2.24, 2.45) is 0 Å². The number of benzene rings is 1. The Labute approximate surface area is 161 Å². The van der Waals surface area contributed by atoms with Crippen LogP contribution in [0.2, 0.25) is 0 Å². The molecule has 2 aromatic rings. The third-order valence-electron chi connectivity index (χ3n) is 5.23. The van der Waals surface area contributed by atoms with Crippen LogP contribution in [0, 0.1) is 0 Å². The summed E-state index contributed by atoms with van der Waals surface area (Å²) in [6.07, 6.45) is -1.90. The number of ether oxygens (including phenoxy) is 1. The molecule has 2 amide bonds. The summed E-state index contributed by atoms with van der Waals surface area (Å²) in [6, 6.07) is 10.8. The standard InChI is InChI=1S/C20H22N2O6/c23-17(22-8-7-12-4-1-2-5-13(12)22)10-15-18(24)19(25)16(28-15)11-21-20(26)14-6-3-9-27-14/h1-6,9,15-16,18-19,24-25H,7-8,10-11H2,(H,21,26)/t15-,16-,18+,19-/m1/s1. The van der Waals surface area contributed by atoms with Crippen molar-refractivity contribution in [1.29, 1.82) is 0 Å². The first-order valence-electron chi connectivity index (χ1n) is 9.26. The van der Waals surface area contributed by atoms with Crippen LogP contribution in [-0.2, 0) is 16.0 Å². The summed E-state index contributed by atoms with van der Waals surface area (Å²) in [6.45, 7) is 0.585. The third kappa shape index (κ3) is 3.54. The first-order valence-corrected chi connectivity index (χ1v) is 9.26. The van der Waals surface area contributed by atoms with Crippen molar-refractivity contribution in [3.8, 4) is 0 Å². The molecule has 8 nitrogen and oxygen atoms in total. The van der Waals surface area contributed by atoms with E-state index in [4.69, 9.17) is 9.15 Å². The van der Waals surface area contributed by atoms with Gasteiger partial charge < -0.3 is 29.6 Å². The highest BCUT2D eigenvalue weighted by molar-refractivity contribution is 5.95. The Bertz CT molecular complexity index is 852. The molecular formula is C20H22N2O6. The topological polar surface area (TPSA) is 112 Å². The van der Waals surface area contributed by atoms with Gasteiger partial charge in [-0.2, -0.15) is 0 Å². The summed E-state index contributed by atoms with van der Waals surface area (Å²) in [5.74, 6) is -0.461. The van der Waals surface area contributed by atoms with E-state index in [-0.39, 0.29) is 24.6 Å². The van der Waals surface area contributed by atoms with E-state index in [0.717, 1.165) is 17.7 Å². The SMILES string of the molecule is O=C(NC[C@H]1O[C@H](CC(=O)N2CCc3ccccc32)[C@H](O)[C@@H]1O)c1ccco1. The Morgan fingerprint density at radius 2 is 1.89 bits per heavy atom. The number of rotatable bonds is 5. The average molecular weight is 386 g/mol. The van der Waals surface area contributed by atoms with E-state index < -0.39 is 30.3 Å². The van der Waals surface area contributed by atoms with Gasteiger partial charge in [0.2, 0.25) is 5.91 Å². The number of anilines is 1. The van der Waals surface area contributed by atoms with Crippen molar-refractivity contribution in [3.63, 3.8) is 0 Å². The molecule has 1 fully saturated rings. The number of furan rings is 1. The number of nitrogens with zero attached hydrogens (tertiary/aromatic N) is 1. The molecule has 0 bridgehead atoms. The highest BCUT2D eigenvalue weighted by Crippen LogP contribution is 2.30. The van der Waals surface area contributed by atoms with Crippen LogP contribution in [0.25, 0.3) is 0 Å². The van der Waals surface area contributed by atoms with Crippen LogP contribution in [0.3, 0.4) is 0 Å². The van der Waals surface area contributed by atoms with Crippen molar-refractivity contribution in [2.75, 3.05) is 18.0 Å². The smallest absolute Gasteiger partial charge is 0.287 e. The van der Waals surface area contributed by atoms with Crippen molar-refractivity contribution < 1.29 is 29.0 Å². The number of aliphatic hydroxyl groups excluding tert-OH is 2. The molecule has 4 atom stereocenters. The van der Waals surface area contributed by atoms with Gasteiger partial charge in [0.05, 0.1) is 18.8 Å². The van der Waals surface area contributed by atoms with Crippen LogP contribution in [0.5, 0.6) is 0 Å². The van der Waals surface area contributed by atoms with Crippen LogP contribution in [0.4, 0.5) is 5.69 Å². The Morgan fingerprint density at radius 3 is 2.68 bits per heavy atom. The molecule has 0 saturated carbocycles. The van der Waals surface area contributed by atoms with E-state index in [9.17, 15) is 19.8 Å². The Kier molecular flexibility index (Phi) is 5.17. The summed E-state index contributed by atoms with van der Waals surface area (Å²) in [5, 5.41) is 23.1. The summed E-state index contributed by atoms with van der Waals surface area (Å²) < 4.78 is 10.7. The second-order valence-corrected chi connectivity index (χ2v) is 7.01. The molecule has 148 valence electrons. The van der Waals surface area contributed by atoms with Gasteiger partial charge in [-0.05, 0) is 30.2 Å². The summed E-state index contributed by atoms with van der Waals surface area (Å²) in [5.41, 5.74) is 1.99. The molecule has 8 heteroatoms. The van der Waals surface area contributed by atoms with E-state index in [1.807, 2.05) is 24.3 Å². The Balaban J connectivity index is 1.34. The molecular weight excluding hydrogens is 364 g/mol. The number of para-hydroxylation sites is 1. The van der Waals surface area contributed by atoms with Gasteiger partial charge in [0.1, 0.15) is 18.3 Å². The lowest BCUT2D eigenvalue weighted by Gasteiger charge is -2.21. The van der Waals surface area contributed by atoms with Crippen molar-refractivity contribution in [3.05, 3.63) is 54.0 Å². The summed E-state index contributed by atoms with van der Waals surface area (Å²) >= 11 is 0. The quantitative estimate of drug-likeness (QED) is 0.689. The zero-order valence-electron chi connectivity index (χ0n) is 15.2. The Morgan fingerprint density at radius 1 is 1.11 bits per heavy atom. The molecule has 1 aromatic heterocycles. The summed E-state index contributed by atoms with van der Waals surface area (Å²) in [4.78, 5) is 26.3. The molecule has 2 aliphatic heterocycles. The van der Waals surface area contributed by atoms with E-state index in [2.05, 4.69) is 5.32 Å². The lowest BCUT2D eigenvalue weighted by atomic mass is 10.0. The van der Waals surface area contributed by atoms with E-state index in [1.54, 1.807) is 11.0 Å². The number of hydrogen-bond donors (Lipinski definition) is 3. The second-order valence-electron chi connectivity index (χ2n) is 7.01. The van der Waals surface area contributed by atoms with E-state index in [1.165, 1.54) is 12.3 Å². The molecule has 2 aliphatic rings. The lowest BCUT2D eigenvalue weighted by molar-refractivity contribution is -0.122. The van der Waals surface area contributed by atoms with E-state index in [0.29, 0.717) is 6.54 Å². The summed E-state index contributed by atoms with van der Waals surface area (Å²) in [7, 11) is 0. The fraction of sp³-hybridized carbons (Fsp3) is 0.400. The van der Waals surface area contributed by atoms with Gasteiger partial charge >= 0.3 is 0 Å². The van der Waals surface area contributed by atoms with Crippen molar-refractivity contribution >= 4 is 17.5 Å². The number of fused-ring (bicyclic) bond motifs is 1. The normalized spacial score (nSPS) is 26.3. The van der Waals surface area contributed by atoms with Gasteiger partial charge in [-0.25, -0.2) is 0 Å². The maximum atomic E-state index is 12.7. The van der Waals surface area contributed by atoms with Gasteiger partial charge in [0.15, 0.2) is 5.76 Å². The van der Waals surface area contributed by atoms with Crippen LogP contribution in [0.1, 0.15) is 22.5 Å². The molecule has 0 unspecified atom stereocenters. The maximum absolute atomic E-state index is 12.7. The van der Waals surface area contributed by atoms with Crippen LogP contribution >= 0.6 is 0 Å². The van der Waals surface area contributed by atoms with Crippen LogP contribution in [-0.4, -0.2) is 59.5 Å². The molecule has 0 aliphatic carbocycles. The molecule has 28 heavy (non-hydrogen) atoms. The number of amides is 2. The van der Waals surface area contributed by atoms with Gasteiger partial charge in [-0.3, -0.25) is 9.59 Å². The molecule has 3 heterocycles. The predicted octanol–water partition coefficient (Wildman–Crippen LogP) is 0.478. The van der Waals surface area contributed by atoms with Crippen molar-refractivity contribution in [1.82, 2.24) is 5.32 Å². The second kappa shape index (κ2) is 7.75. The number of hydrogen-bond acceptors (Lipinski definition) is 6. The van der Waals surface area contributed by atoms with Crippen molar-refractivity contribution in [2.45, 2.75) is 37.3 Å². The number of aliphatic hydroxyl groups is 2. The molecule has 1 saturated heterocycles. The maximum Gasteiger partial charge on any atom is 0.287 e. The molecule has 4 rings (SSSR count). The van der Waals surface area contributed by atoms with Gasteiger partial charge in [0.25, 0.3) is 5.91 Å².